The van der Waals surface area contributed by atoms with Crippen LogP contribution in [-0.4, -0.2) is 74.2 Å². The van der Waals surface area contributed by atoms with Gasteiger partial charge in [-0.15, -0.1) is 0 Å². The minimum Gasteiger partial charge on any atom is -0.336 e. The quantitative estimate of drug-likeness (QED) is 0.621. The third kappa shape index (κ3) is 5.83. The SMILES string of the molecule is CN(C1CCCCC1)S(=O)(=O)c1cccc(C(=O)N2CCN(CCc3ccccc3)CC2)c1. The molecule has 0 N–H and O–H groups in total. The molecule has 0 aromatic heterocycles. The highest BCUT2D eigenvalue weighted by Crippen LogP contribution is 2.27. The lowest BCUT2D eigenvalue weighted by Gasteiger charge is -2.35. The molecule has 2 aromatic rings. The number of benzene rings is 2. The molecule has 4 rings (SSSR count). The number of nitrogens with zero attached hydrogens (tertiary/aromatic N) is 3. The number of carbonyl (C=O) groups excluding carboxylic acids is 1. The van der Waals surface area contributed by atoms with Gasteiger partial charge in [-0.05, 0) is 43.0 Å². The predicted octanol–water partition coefficient (Wildman–Crippen LogP) is 3.64. The Morgan fingerprint density at radius 3 is 2.33 bits per heavy atom. The van der Waals surface area contributed by atoms with Gasteiger partial charge in [-0.3, -0.25) is 9.69 Å². The van der Waals surface area contributed by atoms with Crippen LogP contribution in [0.25, 0.3) is 0 Å². The van der Waals surface area contributed by atoms with Crippen molar-refractivity contribution in [3.63, 3.8) is 0 Å². The summed E-state index contributed by atoms with van der Waals surface area (Å²) in [5.74, 6) is -0.0879. The molecule has 1 saturated carbocycles. The first kappa shape index (κ1) is 23.9. The Balaban J connectivity index is 1.36. The third-order valence-corrected chi connectivity index (χ3v) is 8.97. The van der Waals surface area contributed by atoms with E-state index in [0.717, 1.165) is 51.7 Å². The van der Waals surface area contributed by atoms with Gasteiger partial charge in [0, 0.05) is 51.4 Å². The largest absolute Gasteiger partial charge is 0.336 e. The van der Waals surface area contributed by atoms with E-state index in [0.29, 0.717) is 18.7 Å². The molecule has 0 radical (unpaired) electrons. The van der Waals surface area contributed by atoms with Gasteiger partial charge in [-0.1, -0.05) is 55.7 Å². The molecule has 0 atom stereocenters. The summed E-state index contributed by atoms with van der Waals surface area (Å²) in [4.78, 5) is 17.6. The van der Waals surface area contributed by atoms with Crippen molar-refractivity contribution in [1.29, 1.82) is 0 Å². The fourth-order valence-corrected chi connectivity index (χ4v) is 6.35. The number of hydrogen-bond donors (Lipinski definition) is 0. The monoisotopic (exact) mass is 469 g/mol. The molecule has 1 amide bonds. The summed E-state index contributed by atoms with van der Waals surface area (Å²) in [6, 6.07) is 17.1. The number of hydrogen-bond acceptors (Lipinski definition) is 4. The van der Waals surface area contributed by atoms with E-state index >= 15 is 0 Å². The smallest absolute Gasteiger partial charge is 0.253 e. The highest BCUT2D eigenvalue weighted by molar-refractivity contribution is 7.89. The van der Waals surface area contributed by atoms with Crippen LogP contribution in [0, 0.1) is 0 Å². The zero-order valence-electron chi connectivity index (χ0n) is 19.5. The Morgan fingerprint density at radius 2 is 1.64 bits per heavy atom. The molecule has 178 valence electrons. The zero-order valence-corrected chi connectivity index (χ0v) is 20.3. The van der Waals surface area contributed by atoms with Crippen molar-refractivity contribution >= 4 is 15.9 Å². The Labute approximate surface area is 198 Å². The summed E-state index contributed by atoms with van der Waals surface area (Å²) in [5, 5.41) is 0. The van der Waals surface area contributed by atoms with Crippen LogP contribution in [0.3, 0.4) is 0 Å². The number of amides is 1. The summed E-state index contributed by atoms with van der Waals surface area (Å²) in [5.41, 5.74) is 1.78. The van der Waals surface area contributed by atoms with Crippen molar-refractivity contribution in [2.75, 3.05) is 39.8 Å². The van der Waals surface area contributed by atoms with Gasteiger partial charge in [0.25, 0.3) is 5.91 Å². The summed E-state index contributed by atoms with van der Waals surface area (Å²) < 4.78 is 27.9. The topological polar surface area (TPSA) is 60.9 Å². The normalized spacial score (nSPS) is 18.5. The van der Waals surface area contributed by atoms with Gasteiger partial charge in [0.2, 0.25) is 10.0 Å². The average Bonchev–Trinajstić information content (AvgIpc) is 2.88. The van der Waals surface area contributed by atoms with Gasteiger partial charge in [-0.2, -0.15) is 4.31 Å². The highest BCUT2D eigenvalue weighted by Gasteiger charge is 2.30. The van der Waals surface area contributed by atoms with E-state index in [2.05, 4.69) is 29.2 Å². The molecule has 2 fully saturated rings. The van der Waals surface area contributed by atoms with Crippen molar-refractivity contribution in [2.24, 2.45) is 0 Å². The molecule has 33 heavy (non-hydrogen) atoms. The first-order valence-electron chi connectivity index (χ1n) is 12.1. The second-order valence-corrected chi connectivity index (χ2v) is 11.2. The first-order chi connectivity index (χ1) is 15.9. The lowest BCUT2D eigenvalue weighted by Crippen LogP contribution is -2.49. The summed E-state index contributed by atoms with van der Waals surface area (Å²) >= 11 is 0. The van der Waals surface area contributed by atoms with Gasteiger partial charge in [-0.25, -0.2) is 8.42 Å². The first-order valence-corrected chi connectivity index (χ1v) is 13.5. The molecule has 1 heterocycles. The van der Waals surface area contributed by atoms with Crippen molar-refractivity contribution in [3.8, 4) is 0 Å². The maximum Gasteiger partial charge on any atom is 0.253 e. The molecule has 1 saturated heterocycles. The van der Waals surface area contributed by atoms with E-state index in [1.807, 2.05) is 11.0 Å². The molecule has 1 aliphatic heterocycles. The van der Waals surface area contributed by atoms with Gasteiger partial charge < -0.3 is 4.90 Å². The fourth-order valence-electron chi connectivity index (χ4n) is 4.89. The van der Waals surface area contributed by atoms with Crippen LogP contribution in [0.4, 0.5) is 0 Å². The number of sulfonamides is 1. The molecular formula is C26H35N3O3S. The van der Waals surface area contributed by atoms with Crippen molar-refractivity contribution in [1.82, 2.24) is 14.1 Å². The van der Waals surface area contributed by atoms with E-state index in [1.54, 1.807) is 31.3 Å². The van der Waals surface area contributed by atoms with Crippen molar-refractivity contribution in [2.45, 2.75) is 49.5 Å². The molecule has 2 aliphatic rings. The van der Waals surface area contributed by atoms with E-state index in [1.165, 1.54) is 16.3 Å². The molecular weight excluding hydrogens is 434 g/mol. The van der Waals surface area contributed by atoms with E-state index in [-0.39, 0.29) is 16.8 Å². The van der Waals surface area contributed by atoms with Crippen molar-refractivity contribution in [3.05, 3.63) is 65.7 Å². The molecule has 6 nitrogen and oxygen atoms in total. The molecule has 1 aliphatic carbocycles. The van der Waals surface area contributed by atoms with Crippen LogP contribution < -0.4 is 0 Å². The minimum absolute atomic E-state index is 0.0482. The highest BCUT2D eigenvalue weighted by atomic mass is 32.2. The Kier molecular flexibility index (Phi) is 7.83. The van der Waals surface area contributed by atoms with Crippen LogP contribution >= 0.6 is 0 Å². The Bertz CT molecular complexity index is 1030. The maximum absolute atomic E-state index is 13.2. The average molecular weight is 470 g/mol. The van der Waals surface area contributed by atoms with E-state index < -0.39 is 10.0 Å². The van der Waals surface area contributed by atoms with Gasteiger partial charge in [0.1, 0.15) is 0 Å². The zero-order chi connectivity index (χ0) is 23.3. The van der Waals surface area contributed by atoms with Crippen LogP contribution in [0.2, 0.25) is 0 Å². The Hall–Kier alpha value is -2.22. The summed E-state index contributed by atoms with van der Waals surface area (Å²) in [6.07, 6.45) is 6.13. The fraction of sp³-hybridized carbons (Fsp3) is 0.500. The summed E-state index contributed by atoms with van der Waals surface area (Å²) in [6.45, 7) is 3.97. The molecule has 0 unspecified atom stereocenters. The second kappa shape index (κ2) is 10.8. The Morgan fingerprint density at radius 1 is 0.939 bits per heavy atom. The van der Waals surface area contributed by atoms with Crippen molar-refractivity contribution < 1.29 is 13.2 Å². The lowest BCUT2D eigenvalue weighted by atomic mass is 9.96. The van der Waals surface area contributed by atoms with Crippen LogP contribution in [0.15, 0.2) is 59.5 Å². The standard InChI is InChI=1S/C26H35N3O3S/c1-27(24-12-6-3-7-13-24)33(31,32)25-14-8-11-23(21-25)26(30)29-19-17-28(18-20-29)16-15-22-9-4-2-5-10-22/h2,4-5,8-11,14,21,24H,3,6-7,12-13,15-20H2,1H3. The van der Waals surface area contributed by atoms with Crippen LogP contribution in [-0.2, 0) is 16.4 Å². The number of carbonyl (C=O) groups is 1. The van der Waals surface area contributed by atoms with Gasteiger partial charge in [0.05, 0.1) is 4.90 Å². The van der Waals surface area contributed by atoms with E-state index in [4.69, 9.17) is 0 Å². The number of rotatable bonds is 7. The maximum atomic E-state index is 13.2. The molecule has 7 heteroatoms. The minimum atomic E-state index is -3.61. The predicted molar refractivity (Wildman–Crippen MR) is 131 cm³/mol. The summed E-state index contributed by atoms with van der Waals surface area (Å²) in [7, 11) is -1.94. The number of piperazine rings is 1. The lowest BCUT2D eigenvalue weighted by molar-refractivity contribution is 0.0638. The van der Waals surface area contributed by atoms with Crippen LogP contribution in [0.5, 0.6) is 0 Å². The molecule has 0 spiro atoms. The van der Waals surface area contributed by atoms with E-state index in [9.17, 15) is 13.2 Å². The third-order valence-electron chi connectivity index (χ3n) is 7.07. The van der Waals surface area contributed by atoms with Gasteiger partial charge >= 0.3 is 0 Å². The molecule has 0 bridgehead atoms. The van der Waals surface area contributed by atoms with Gasteiger partial charge in [0.15, 0.2) is 0 Å². The second-order valence-electron chi connectivity index (χ2n) is 9.21. The molecule has 2 aromatic carbocycles. The van der Waals surface area contributed by atoms with Crippen LogP contribution in [0.1, 0.15) is 48.0 Å².